The second-order valence-electron chi connectivity index (χ2n) is 10.7. The van der Waals surface area contributed by atoms with Gasteiger partial charge in [-0.1, -0.05) is 43.5 Å². The topological polar surface area (TPSA) is 41.6 Å². The molecule has 1 saturated heterocycles. The monoisotopic (exact) mass is 466 g/mol. The quantitative estimate of drug-likeness (QED) is 0.500. The van der Waals surface area contributed by atoms with Crippen LogP contribution in [0.4, 0.5) is 4.39 Å². The zero-order valence-corrected chi connectivity index (χ0v) is 20.7. The summed E-state index contributed by atoms with van der Waals surface area (Å²) in [5, 5.41) is 3.18. The second kappa shape index (κ2) is 11.4. The molecular formula is C29H39FN2O2. The Morgan fingerprint density at radius 1 is 0.941 bits per heavy atom. The van der Waals surface area contributed by atoms with Crippen molar-refractivity contribution in [2.45, 2.75) is 70.5 Å². The van der Waals surface area contributed by atoms with Gasteiger partial charge in [-0.15, -0.1) is 0 Å². The van der Waals surface area contributed by atoms with Crippen LogP contribution in [0.3, 0.4) is 0 Å². The summed E-state index contributed by atoms with van der Waals surface area (Å²) in [6.45, 7) is 6.39. The van der Waals surface area contributed by atoms with Crippen LogP contribution in [0.1, 0.15) is 69.2 Å². The molecule has 2 aromatic carbocycles. The number of benzene rings is 2. The maximum absolute atomic E-state index is 13.9. The highest BCUT2D eigenvalue weighted by atomic mass is 19.1. The molecule has 5 heteroatoms. The van der Waals surface area contributed by atoms with Crippen molar-refractivity contribution in [3.63, 3.8) is 0 Å². The van der Waals surface area contributed by atoms with Crippen LogP contribution in [0.5, 0.6) is 5.75 Å². The maximum Gasteiger partial charge on any atom is 0.251 e. The number of hydrogen-bond donors (Lipinski definition) is 1. The summed E-state index contributed by atoms with van der Waals surface area (Å²) < 4.78 is 19.9. The summed E-state index contributed by atoms with van der Waals surface area (Å²) in [6.07, 6.45) is 7.99. The molecule has 1 heterocycles. The van der Waals surface area contributed by atoms with Crippen LogP contribution < -0.4 is 10.1 Å². The zero-order chi connectivity index (χ0) is 24.0. The van der Waals surface area contributed by atoms with Crippen LogP contribution in [-0.2, 0) is 0 Å². The Kier molecular flexibility index (Phi) is 8.25. The van der Waals surface area contributed by atoms with Gasteiger partial charge in [-0.25, -0.2) is 4.39 Å². The molecule has 2 aliphatic rings. The number of carbonyl (C=O) groups is 1. The van der Waals surface area contributed by atoms with Crippen molar-refractivity contribution >= 4 is 5.91 Å². The summed E-state index contributed by atoms with van der Waals surface area (Å²) in [5.41, 5.74) is 1.78. The Bertz CT molecular complexity index is 907. The lowest BCUT2D eigenvalue weighted by Gasteiger charge is -2.34. The molecule has 1 saturated carbocycles. The minimum atomic E-state index is -1.13. The standard InChI is InChI=1S/C29H39FN2O2/c1-29(2,30)21-32-18-16-22(17-19-32)20-34-27-14-12-24(13-15-27)23-8-10-25(11-9-23)28(33)31-26-6-4-3-5-7-26/h8-15,22,26H,3-7,16-21H2,1-2H3,(H,31,33). The number of piperidine rings is 1. The SMILES string of the molecule is CC(C)(F)CN1CCC(COc2ccc(-c3ccc(C(=O)NC4CCCCC4)cc3)cc2)CC1. The Labute approximate surface area is 203 Å². The molecule has 184 valence electrons. The molecular weight excluding hydrogens is 427 g/mol. The Balaban J connectivity index is 1.24. The number of amides is 1. The van der Waals surface area contributed by atoms with E-state index < -0.39 is 5.67 Å². The first-order valence-corrected chi connectivity index (χ1v) is 12.9. The lowest BCUT2D eigenvalue weighted by molar-refractivity contribution is 0.0836. The molecule has 1 N–H and O–H groups in total. The van der Waals surface area contributed by atoms with Crippen molar-refractivity contribution in [3.8, 4) is 16.9 Å². The number of rotatable bonds is 8. The van der Waals surface area contributed by atoms with Gasteiger partial charge in [-0.3, -0.25) is 4.79 Å². The first-order valence-electron chi connectivity index (χ1n) is 12.9. The summed E-state index contributed by atoms with van der Waals surface area (Å²) >= 11 is 0. The largest absolute Gasteiger partial charge is 0.493 e. The zero-order valence-electron chi connectivity index (χ0n) is 20.7. The van der Waals surface area contributed by atoms with E-state index in [4.69, 9.17) is 4.74 Å². The van der Waals surface area contributed by atoms with Gasteiger partial charge in [-0.2, -0.15) is 0 Å². The van der Waals surface area contributed by atoms with Gasteiger partial charge in [0.1, 0.15) is 11.4 Å². The number of nitrogens with one attached hydrogen (secondary N) is 1. The molecule has 0 unspecified atom stereocenters. The van der Waals surface area contributed by atoms with E-state index in [-0.39, 0.29) is 5.91 Å². The second-order valence-corrected chi connectivity index (χ2v) is 10.7. The average Bonchev–Trinajstić information content (AvgIpc) is 2.84. The number of carbonyl (C=O) groups excluding carboxylic acids is 1. The van der Waals surface area contributed by atoms with Crippen LogP contribution in [0.25, 0.3) is 11.1 Å². The van der Waals surface area contributed by atoms with Gasteiger partial charge in [0.15, 0.2) is 0 Å². The first-order chi connectivity index (χ1) is 16.4. The average molecular weight is 467 g/mol. The van der Waals surface area contributed by atoms with Crippen molar-refractivity contribution in [2.24, 2.45) is 5.92 Å². The number of alkyl halides is 1. The van der Waals surface area contributed by atoms with Gasteiger partial charge in [-0.05, 0) is 93.9 Å². The third-order valence-corrected chi connectivity index (χ3v) is 7.07. The van der Waals surface area contributed by atoms with Crippen LogP contribution in [-0.4, -0.2) is 48.8 Å². The fourth-order valence-electron chi connectivity index (χ4n) is 5.13. The van der Waals surface area contributed by atoms with Crippen LogP contribution in [0.2, 0.25) is 0 Å². The van der Waals surface area contributed by atoms with E-state index in [0.717, 1.165) is 61.2 Å². The first kappa shape index (κ1) is 24.7. The predicted molar refractivity (Wildman–Crippen MR) is 136 cm³/mol. The molecule has 0 spiro atoms. The van der Waals surface area contributed by atoms with Crippen molar-refractivity contribution < 1.29 is 13.9 Å². The molecule has 0 bridgehead atoms. The minimum absolute atomic E-state index is 0.0291. The molecule has 2 fully saturated rings. The highest BCUT2D eigenvalue weighted by molar-refractivity contribution is 5.94. The normalized spacial score (nSPS) is 18.6. The van der Waals surface area contributed by atoms with E-state index in [0.29, 0.717) is 25.1 Å². The summed E-state index contributed by atoms with van der Waals surface area (Å²) in [6, 6.07) is 16.3. The summed E-state index contributed by atoms with van der Waals surface area (Å²) in [7, 11) is 0. The summed E-state index contributed by atoms with van der Waals surface area (Å²) in [5.74, 6) is 1.42. The minimum Gasteiger partial charge on any atom is -0.493 e. The third-order valence-electron chi connectivity index (χ3n) is 7.07. The Morgan fingerprint density at radius 3 is 2.12 bits per heavy atom. The number of ether oxygens (including phenoxy) is 1. The van der Waals surface area contributed by atoms with Gasteiger partial charge < -0.3 is 15.0 Å². The van der Waals surface area contributed by atoms with Crippen molar-refractivity contribution in [3.05, 3.63) is 54.1 Å². The predicted octanol–water partition coefficient (Wildman–Crippen LogP) is 6.26. The fourth-order valence-corrected chi connectivity index (χ4v) is 5.13. The van der Waals surface area contributed by atoms with Gasteiger partial charge in [0.25, 0.3) is 5.91 Å². The van der Waals surface area contributed by atoms with Gasteiger partial charge in [0.05, 0.1) is 6.61 Å². The van der Waals surface area contributed by atoms with Gasteiger partial charge in [0.2, 0.25) is 0 Å². The molecule has 1 amide bonds. The number of hydrogen-bond acceptors (Lipinski definition) is 3. The van der Waals surface area contributed by atoms with E-state index in [1.807, 2.05) is 36.4 Å². The van der Waals surface area contributed by atoms with Crippen LogP contribution in [0.15, 0.2) is 48.5 Å². The maximum atomic E-state index is 13.9. The molecule has 34 heavy (non-hydrogen) atoms. The summed E-state index contributed by atoms with van der Waals surface area (Å²) in [4.78, 5) is 14.8. The van der Waals surface area contributed by atoms with Crippen LogP contribution in [0, 0.1) is 5.92 Å². The van der Waals surface area contributed by atoms with Crippen molar-refractivity contribution in [1.29, 1.82) is 0 Å². The molecule has 0 radical (unpaired) electrons. The molecule has 0 atom stereocenters. The Morgan fingerprint density at radius 2 is 1.53 bits per heavy atom. The lowest BCUT2D eigenvalue weighted by atomic mass is 9.95. The molecule has 0 aromatic heterocycles. The molecule has 4 nitrogen and oxygen atoms in total. The number of nitrogens with zero attached hydrogens (tertiary/aromatic N) is 1. The van der Waals surface area contributed by atoms with Crippen molar-refractivity contribution in [1.82, 2.24) is 10.2 Å². The third kappa shape index (κ3) is 7.30. The van der Waals surface area contributed by atoms with Gasteiger partial charge in [0, 0.05) is 18.2 Å². The highest BCUT2D eigenvalue weighted by Crippen LogP contribution is 2.25. The molecule has 4 rings (SSSR count). The molecule has 1 aliphatic heterocycles. The van der Waals surface area contributed by atoms with Crippen molar-refractivity contribution in [2.75, 3.05) is 26.2 Å². The van der Waals surface area contributed by atoms with E-state index in [1.165, 1.54) is 19.3 Å². The van der Waals surface area contributed by atoms with Gasteiger partial charge >= 0.3 is 0 Å². The molecule has 1 aliphatic carbocycles. The fraction of sp³-hybridized carbons (Fsp3) is 0.552. The highest BCUT2D eigenvalue weighted by Gasteiger charge is 2.25. The smallest absolute Gasteiger partial charge is 0.251 e. The lowest BCUT2D eigenvalue weighted by Crippen LogP contribution is -2.41. The van der Waals surface area contributed by atoms with E-state index in [2.05, 4.69) is 22.3 Å². The number of halogens is 1. The van der Waals surface area contributed by atoms with E-state index in [9.17, 15) is 9.18 Å². The van der Waals surface area contributed by atoms with E-state index >= 15 is 0 Å². The Hall–Kier alpha value is -2.40. The number of likely N-dealkylation sites (tertiary alicyclic amines) is 1. The van der Waals surface area contributed by atoms with Crippen LogP contribution >= 0.6 is 0 Å². The molecule has 2 aromatic rings. The van der Waals surface area contributed by atoms with E-state index in [1.54, 1.807) is 13.8 Å².